The Morgan fingerprint density at radius 2 is 1.89 bits per heavy atom. The predicted molar refractivity (Wildman–Crippen MR) is 143 cm³/mol. The number of nitrogens with two attached hydrogens (primary N) is 1. The summed E-state index contributed by atoms with van der Waals surface area (Å²) in [5, 5.41) is 20.5. The van der Waals surface area contributed by atoms with Crippen molar-refractivity contribution in [3.63, 3.8) is 0 Å². The number of aryl methyl sites for hydroxylation is 2. The van der Waals surface area contributed by atoms with E-state index in [-0.39, 0.29) is 35.3 Å². The number of nitrogens with zero attached hydrogens (tertiary/aromatic N) is 3. The average Bonchev–Trinajstić information content (AvgIpc) is 2.88. The normalized spacial score (nSPS) is 17.7. The molecule has 0 amide bonds. The maximum atomic E-state index is 13.2. The van der Waals surface area contributed by atoms with Crippen LogP contribution in [0.25, 0.3) is 0 Å². The topological polar surface area (TPSA) is 122 Å². The van der Waals surface area contributed by atoms with Crippen LogP contribution in [-0.4, -0.2) is 24.2 Å². The Morgan fingerprint density at radius 3 is 2.57 bits per heavy atom. The number of hydrogen-bond donors (Lipinski definition) is 1. The summed E-state index contributed by atoms with van der Waals surface area (Å²) in [7, 11) is 0. The fourth-order valence-corrected chi connectivity index (χ4v) is 5.73. The van der Waals surface area contributed by atoms with Crippen molar-refractivity contribution in [1.29, 1.82) is 10.5 Å². The highest BCUT2D eigenvalue weighted by Gasteiger charge is 2.36. The Balaban J connectivity index is 1.74. The number of ether oxygens (including phenoxy) is 2. The average molecular weight is 535 g/mol. The molecular formula is C28H27ClN4O3S. The van der Waals surface area contributed by atoms with Crippen LogP contribution >= 0.6 is 23.4 Å². The zero-order valence-electron chi connectivity index (χ0n) is 20.6. The van der Waals surface area contributed by atoms with Gasteiger partial charge in [-0.1, -0.05) is 48.3 Å². The fraction of sp³-hybridized carbons (Fsp3) is 0.357. The van der Waals surface area contributed by atoms with Crippen LogP contribution in [0.5, 0.6) is 5.88 Å². The van der Waals surface area contributed by atoms with Crippen LogP contribution in [0.3, 0.4) is 0 Å². The van der Waals surface area contributed by atoms with Gasteiger partial charge in [0.05, 0.1) is 34.8 Å². The highest BCUT2D eigenvalue weighted by atomic mass is 35.5. The molecule has 0 unspecified atom stereocenters. The fourth-order valence-electron chi connectivity index (χ4n) is 4.64. The number of esters is 1. The molecule has 1 aliphatic heterocycles. The number of allylic oxidation sites excluding steroid dienone is 1. The van der Waals surface area contributed by atoms with Gasteiger partial charge in [0.1, 0.15) is 18.2 Å². The Morgan fingerprint density at radius 1 is 1.16 bits per heavy atom. The molecule has 7 nitrogen and oxygen atoms in total. The summed E-state index contributed by atoms with van der Waals surface area (Å²) >= 11 is 7.18. The highest BCUT2D eigenvalue weighted by molar-refractivity contribution is 8.06. The molecule has 9 heteroatoms. The third-order valence-electron chi connectivity index (χ3n) is 6.42. The number of benzene rings is 1. The molecule has 2 N–H and O–H groups in total. The molecule has 0 radical (unpaired) electrons. The minimum Gasteiger partial charge on any atom is -0.471 e. The first kappa shape index (κ1) is 26.6. The van der Waals surface area contributed by atoms with Gasteiger partial charge < -0.3 is 15.2 Å². The molecule has 190 valence electrons. The van der Waals surface area contributed by atoms with E-state index in [1.165, 1.54) is 6.42 Å². The lowest BCUT2D eigenvalue weighted by molar-refractivity contribution is -0.138. The van der Waals surface area contributed by atoms with E-state index in [9.17, 15) is 15.3 Å². The Kier molecular flexibility index (Phi) is 8.76. The molecule has 2 aliphatic rings. The molecule has 37 heavy (non-hydrogen) atoms. The van der Waals surface area contributed by atoms with Gasteiger partial charge >= 0.3 is 5.97 Å². The number of thioether (sulfide) groups is 1. The van der Waals surface area contributed by atoms with Crippen molar-refractivity contribution >= 4 is 29.3 Å². The van der Waals surface area contributed by atoms with Gasteiger partial charge in [-0.25, -0.2) is 9.78 Å². The van der Waals surface area contributed by atoms with Gasteiger partial charge in [-0.15, -0.1) is 0 Å². The Labute approximate surface area is 225 Å². The number of aromatic nitrogens is 1. The molecule has 0 fully saturated rings. The van der Waals surface area contributed by atoms with Gasteiger partial charge in [0.2, 0.25) is 5.88 Å². The minimum absolute atomic E-state index is 0.0528. The van der Waals surface area contributed by atoms with E-state index in [0.717, 1.165) is 55.1 Å². The molecular weight excluding hydrogens is 508 g/mol. The SMILES string of the molecule is CCOC(=O)C1=C(COc2nc3c(cc2C#N)CCCCCC3)SC(N)=C(C#N)[C@@H]1c1ccc(Cl)cc1. The quantitative estimate of drug-likeness (QED) is 0.469. The summed E-state index contributed by atoms with van der Waals surface area (Å²) < 4.78 is 11.5. The van der Waals surface area contributed by atoms with E-state index in [1.807, 2.05) is 6.07 Å². The molecule has 0 spiro atoms. The summed E-state index contributed by atoms with van der Waals surface area (Å²) in [6.07, 6.45) is 6.18. The number of pyridine rings is 1. The Bertz CT molecular complexity index is 1340. The van der Waals surface area contributed by atoms with Crippen molar-refractivity contribution in [3.05, 3.63) is 78.8 Å². The minimum atomic E-state index is -0.736. The summed E-state index contributed by atoms with van der Waals surface area (Å²) in [5.74, 6) is -1.06. The first-order valence-corrected chi connectivity index (χ1v) is 13.4. The van der Waals surface area contributed by atoms with Gasteiger partial charge in [0.15, 0.2) is 0 Å². The molecule has 1 atom stereocenters. The van der Waals surface area contributed by atoms with Crippen LogP contribution in [0.1, 0.15) is 60.9 Å². The number of fused-ring (bicyclic) bond motifs is 1. The smallest absolute Gasteiger partial charge is 0.335 e. The van der Waals surface area contributed by atoms with Crippen molar-refractivity contribution in [2.24, 2.45) is 5.73 Å². The maximum absolute atomic E-state index is 13.2. The van der Waals surface area contributed by atoms with Crippen molar-refractivity contribution in [2.45, 2.75) is 51.4 Å². The lowest BCUT2D eigenvalue weighted by Gasteiger charge is -2.28. The number of carbonyl (C=O) groups excluding carboxylic acids is 1. The monoisotopic (exact) mass is 534 g/mol. The van der Waals surface area contributed by atoms with Gasteiger partial charge in [0.25, 0.3) is 0 Å². The van der Waals surface area contributed by atoms with E-state index in [2.05, 4.69) is 12.1 Å². The van der Waals surface area contributed by atoms with Crippen LogP contribution in [0.4, 0.5) is 0 Å². The summed E-state index contributed by atoms with van der Waals surface area (Å²) in [6, 6.07) is 13.1. The first-order chi connectivity index (χ1) is 18.0. The van der Waals surface area contributed by atoms with E-state index in [4.69, 9.17) is 31.8 Å². The molecule has 0 saturated carbocycles. The molecule has 0 bridgehead atoms. The van der Waals surface area contributed by atoms with Crippen molar-refractivity contribution in [1.82, 2.24) is 4.98 Å². The molecule has 4 rings (SSSR count). The molecule has 1 aromatic heterocycles. The second-order valence-corrected chi connectivity index (χ2v) is 10.4. The zero-order valence-corrected chi connectivity index (χ0v) is 22.1. The van der Waals surface area contributed by atoms with Crippen LogP contribution in [0.2, 0.25) is 5.02 Å². The van der Waals surface area contributed by atoms with Crippen LogP contribution in [0.15, 0.2) is 51.4 Å². The summed E-state index contributed by atoms with van der Waals surface area (Å²) in [6.45, 7) is 1.83. The third-order valence-corrected chi connectivity index (χ3v) is 7.70. The number of hydrogen-bond acceptors (Lipinski definition) is 8. The van der Waals surface area contributed by atoms with Gasteiger partial charge in [-0.3, -0.25) is 0 Å². The lowest BCUT2D eigenvalue weighted by Crippen LogP contribution is -2.25. The van der Waals surface area contributed by atoms with E-state index >= 15 is 0 Å². The molecule has 1 aliphatic carbocycles. The van der Waals surface area contributed by atoms with Crippen LogP contribution < -0.4 is 10.5 Å². The van der Waals surface area contributed by atoms with E-state index in [1.54, 1.807) is 31.2 Å². The molecule has 2 aromatic rings. The van der Waals surface area contributed by atoms with Crippen LogP contribution in [0, 0.1) is 22.7 Å². The number of rotatable bonds is 6. The maximum Gasteiger partial charge on any atom is 0.335 e. The largest absolute Gasteiger partial charge is 0.471 e. The van der Waals surface area contributed by atoms with Crippen molar-refractivity contribution in [3.8, 4) is 18.0 Å². The van der Waals surface area contributed by atoms with Gasteiger partial charge in [-0.2, -0.15) is 10.5 Å². The van der Waals surface area contributed by atoms with Crippen LogP contribution in [-0.2, 0) is 22.4 Å². The lowest BCUT2D eigenvalue weighted by atomic mass is 9.84. The molecule has 0 saturated heterocycles. The zero-order chi connectivity index (χ0) is 26.4. The molecule has 1 aromatic carbocycles. The van der Waals surface area contributed by atoms with Crippen molar-refractivity contribution < 1.29 is 14.3 Å². The standard InChI is InChI=1S/C28H27ClN4O3S/c1-2-35-28(34)25-23(37-26(32)21(15-31)24(25)17-9-11-20(29)12-10-17)16-36-27-19(14-30)13-18-7-5-3-4-6-8-22(18)33-27/h9-13,24H,2-8,16,32H2,1H3/t24-/m0/s1. The van der Waals surface area contributed by atoms with E-state index in [0.29, 0.717) is 21.1 Å². The number of carbonyl (C=O) groups is 1. The summed E-state index contributed by atoms with van der Waals surface area (Å²) in [5.41, 5.74) is 9.93. The van der Waals surface area contributed by atoms with E-state index < -0.39 is 11.9 Å². The third kappa shape index (κ3) is 5.93. The predicted octanol–water partition coefficient (Wildman–Crippen LogP) is 5.69. The summed E-state index contributed by atoms with van der Waals surface area (Å²) in [4.78, 5) is 18.4. The van der Waals surface area contributed by atoms with Crippen molar-refractivity contribution in [2.75, 3.05) is 13.2 Å². The van der Waals surface area contributed by atoms with Gasteiger partial charge in [0, 0.05) is 15.6 Å². The Hall–Kier alpha value is -3.46. The highest BCUT2D eigenvalue weighted by Crippen LogP contribution is 2.45. The number of halogens is 1. The first-order valence-electron chi connectivity index (χ1n) is 12.3. The second-order valence-electron chi connectivity index (χ2n) is 8.80. The van der Waals surface area contributed by atoms with Gasteiger partial charge in [-0.05, 0) is 61.9 Å². The second kappa shape index (κ2) is 12.2. The molecule has 2 heterocycles. The number of nitriles is 2.